The molecule has 0 saturated heterocycles. The van der Waals surface area contributed by atoms with Gasteiger partial charge in [-0.3, -0.25) is 0 Å². The van der Waals surface area contributed by atoms with Crippen LogP contribution in [0.2, 0.25) is 0 Å². The third kappa shape index (κ3) is 2.19. The number of halogens is 1. The largest absolute Gasteiger partial charge is 0.305 e. The summed E-state index contributed by atoms with van der Waals surface area (Å²) in [4.78, 5) is 4.72. The molecule has 0 radical (unpaired) electrons. The highest BCUT2D eigenvalue weighted by atomic mass is 79.9. The molecule has 0 amide bonds. The van der Waals surface area contributed by atoms with Gasteiger partial charge in [-0.05, 0) is 60.0 Å². The second-order valence-corrected chi connectivity index (χ2v) is 5.93. The summed E-state index contributed by atoms with van der Waals surface area (Å²) < 4.78 is 3.11. The lowest BCUT2D eigenvalue weighted by atomic mass is 9.98. The normalized spacial score (nSPS) is 11.2. The number of hydrogen-bond acceptors (Lipinski definition) is 1. The minimum atomic E-state index is 0.970. The summed E-state index contributed by atoms with van der Waals surface area (Å²) in [7, 11) is 0. The molecule has 96 valence electrons. The minimum Gasteiger partial charge on any atom is -0.305 e. The maximum Gasteiger partial charge on any atom is 0.137 e. The molecule has 0 spiro atoms. The second-order valence-electron chi connectivity index (χ2n) is 5.01. The molecule has 19 heavy (non-hydrogen) atoms. The highest BCUT2D eigenvalue weighted by Gasteiger charge is 2.10. The molecule has 0 atom stereocenters. The lowest BCUT2D eigenvalue weighted by Crippen LogP contribution is -1.89. The quantitative estimate of drug-likeness (QED) is 0.637. The van der Waals surface area contributed by atoms with Crippen LogP contribution in [-0.4, -0.2) is 9.38 Å². The van der Waals surface area contributed by atoms with E-state index in [1.165, 1.54) is 22.3 Å². The molecule has 0 saturated carbocycles. The van der Waals surface area contributed by atoms with Crippen LogP contribution in [0.3, 0.4) is 0 Å². The number of fused-ring (bicyclic) bond motifs is 1. The number of imidazole rings is 1. The van der Waals surface area contributed by atoms with E-state index in [1.54, 1.807) is 0 Å². The molecule has 3 heteroatoms. The first kappa shape index (κ1) is 12.4. The maximum atomic E-state index is 4.72. The van der Waals surface area contributed by atoms with Gasteiger partial charge >= 0.3 is 0 Å². The topological polar surface area (TPSA) is 17.3 Å². The van der Waals surface area contributed by atoms with Gasteiger partial charge in [0.05, 0.1) is 5.69 Å². The second kappa shape index (κ2) is 4.49. The van der Waals surface area contributed by atoms with Gasteiger partial charge in [-0.25, -0.2) is 4.98 Å². The maximum absolute atomic E-state index is 4.72. The summed E-state index contributed by atoms with van der Waals surface area (Å²) in [5.74, 6) is 0. The van der Waals surface area contributed by atoms with Crippen molar-refractivity contribution in [1.82, 2.24) is 9.38 Å². The number of rotatable bonds is 1. The lowest BCUT2D eigenvalue weighted by molar-refractivity contribution is 1.17. The van der Waals surface area contributed by atoms with Crippen molar-refractivity contribution in [2.24, 2.45) is 0 Å². The zero-order chi connectivity index (χ0) is 13.6. The number of nitrogens with zero attached hydrogens (tertiary/aromatic N) is 2. The van der Waals surface area contributed by atoms with Crippen molar-refractivity contribution < 1.29 is 0 Å². The molecule has 3 aromatic rings. The Kier molecular flexibility index (Phi) is 2.94. The van der Waals surface area contributed by atoms with E-state index in [0.29, 0.717) is 0 Å². The van der Waals surface area contributed by atoms with Gasteiger partial charge in [0.1, 0.15) is 5.65 Å². The van der Waals surface area contributed by atoms with Crippen molar-refractivity contribution in [3.05, 3.63) is 57.8 Å². The van der Waals surface area contributed by atoms with Crippen LogP contribution in [-0.2, 0) is 0 Å². The van der Waals surface area contributed by atoms with E-state index in [-0.39, 0.29) is 0 Å². The van der Waals surface area contributed by atoms with Gasteiger partial charge in [0, 0.05) is 22.4 Å². The van der Waals surface area contributed by atoms with Gasteiger partial charge in [0.2, 0.25) is 0 Å². The third-order valence-electron chi connectivity index (χ3n) is 3.35. The molecule has 2 aromatic heterocycles. The molecule has 0 fully saturated rings. The molecule has 1 aromatic carbocycles. The first-order chi connectivity index (χ1) is 9.04. The summed E-state index contributed by atoms with van der Waals surface area (Å²) in [6, 6.07) is 8.46. The van der Waals surface area contributed by atoms with Crippen molar-refractivity contribution in [1.29, 1.82) is 0 Å². The Bertz CT molecular complexity index is 749. The van der Waals surface area contributed by atoms with Crippen LogP contribution in [0.15, 0.2) is 41.1 Å². The Balaban J connectivity index is 2.24. The molecule has 0 N–H and O–H groups in total. The van der Waals surface area contributed by atoms with Crippen LogP contribution < -0.4 is 0 Å². The molecule has 0 aliphatic rings. The zero-order valence-corrected chi connectivity index (χ0v) is 12.8. The Morgan fingerprint density at radius 3 is 2.37 bits per heavy atom. The van der Waals surface area contributed by atoms with E-state index >= 15 is 0 Å². The Morgan fingerprint density at radius 1 is 1.00 bits per heavy atom. The van der Waals surface area contributed by atoms with Crippen LogP contribution in [0.1, 0.15) is 16.7 Å². The van der Waals surface area contributed by atoms with Crippen molar-refractivity contribution in [2.45, 2.75) is 20.8 Å². The zero-order valence-electron chi connectivity index (χ0n) is 11.2. The first-order valence-electron chi connectivity index (χ1n) is 6.27. The Hall–Kier alpha value is -1.61. The average Bonchev–Trinajstić information content (AvgIpc) is 2.69. The fourth-order valence-corrected chi connectivity index (χ4v) is 3.02. The van der Waals surface area contributed by atoms with E-state index in [0.717, 1.165) is 15.8 Å². The van der Waals surface area contributed by atoms with Crippen LogP contribution in [0.4, 0.5) is 0 Å². The van der Waals surface area contributed by atoms with Gasteiger partial charge in [-0.2, -0.15) is 0 Å². The summed E-state index contributed by atoms with van der Waals surface area (Å²) >= 11 is 3.49. The molecular weight excluding hydrogens is 300 g/mol. The van der Waals surface area contributed by atoms with E-state index < -0.39 is 0 Å². The monoisotopic (exact) mass is 314 g/mol. The SMILES string of the molecule is Cc1cc(C)c(-c2cn3cc(Br)ccc3n2)c(C)c1. The predicted molar refractivity (Wildman–Crippen MR) is 82.5 cm³/mol. The van der Waals surface area contributed by atoms with Crippen LogP contribution >= 0.6 is 15.9 Å². The predicted octanol–water partition coefficient (Wildman–Crippen LogP) is 4.69. The van der Waals surface area contributed by atoms with Gasteiger partial charge in [0.15, 0.2) is 0 Å². The number of pyridine rings is 1. The van der Waals surface area contributed by atoms with Crippen molar-refractivity contribution >= 4 is 21.6 Å². The lowest BCUT2D eigenvalue weighted by Gasteiger charge is -2.08. The van der Waals surface area contributed by atoms with E-state index in [1.807, 2.05) is 18.3 Å². The number of aryl methyl sites for hydroxylation is 3. The summed E-state index contributed by atoms with van der Waals surface area (Å²) in [6.07, 6.45) is 4.12. The molecule has 2 heterocycles. The van der Waals surface area contributed by atoms with Crippen molar-refractivity contribution in [3.63, 3.8) is 0 Å². The Morgan fingerprint density at radius 2 is 1.68 bits per heavy atom. The van der Waals surface area contributed by atoms with Gasteiger partial charge in [-0.15, -0.1) is 0 Å². The molecule has 0 aliphatic carbocycles. The standard InChI is InChI=1S/C16H15BrN2/c1-10-6-11(2)16(12(3)7-10)14-9-19-8-13(17)4-5-15(19)18-14/h4-9H,1-3H3. The third-order valence-corrected chi connectivity index (χ3v) is 3.82. The van der Waals surface area contributed by atoms with E-state index in [2.05, 4.69) is 59.4 Å². The molecule has 2 nitrogen and oxygen atoms in total. The first-order valence-corrected chi connectivity index (χ1v) is 7.06. The highest BCUT2D eigenvalue weighted by molar-refractivity contribution is 9.10. The van der Waals surface area contributed by atoms with Crippen molar-refractivity contribution in [3.8, 4) is 11.3 Å². The van der Waals surface area contributed by atoms with Crippen LogP contribution in [0, 0.1) is 20.8 Å². The molecule has 0 bridgehead atoms. The summed E-state index contributed by atoms with van der Waals surface area (Å²) in [5.41, 5.74) is 7.10. The average molecular weight is 315 g/mol. The fourth-order valence-electron chi connectivity index (χ4n) is 2.67. The molecule has 3 rings (SSSR count). The molecule has 0 unspecified atom stereocenters. The van der Waals surface area contributed by atoms with Crippen molar-refractivity contribution in [2.75, 3.05) is 0 Å². The number of benzene rings is 1. The smallest absolute Gasteiger partial charge is 0.137 e. The fraction of sp³-hybridized carbons (Fsp3) is 0.188. The molecular formula is C16H15BrN2. The van der Waals surface area contributed by atoms with E-state index in [4.69, 9.17) is 4.98 Å². The number of hydrogen-bond donors (Lipinski definition) is 0. The van der Waals surface area contributed by atoms with Crippen LogP contribution in [0.5, 0.6) is 0 Å². The Labute approximate surface area is 121 Å². The van der Waals surface area contributed by atoms with Crippen LogP contribution in [0.25, 0.3) is 16.9 Å². The van der Waals surface area contributed by atoms with Gasteiger partial charge in [-0.1, -0.05) is 17.7 Å². The van der Waals surface area contributed by atoms with Gasteiger partial charge < -0.3 is 4.40 Å². The van der Waals surface area contributed by atoms with Gasteiger partial charge in [0.25, 0.3) is 0 Å². The summed E-state index contributed by atoms with van der Waals surface area (Å²) in [6.45, 7) is 6.43. The molecule has 0 aliphatic heterocycles. The number of aromatic nitrogens is 2. The van der Waals surface area contributed by atoms with E-state index in [9.17, 15) is 0 Å². The summed E-state index contributed by atoms with van der Waals surface area (Å²) in [5, 5.41) is 0. The minimum absolute atomic E-state index is 0.970. The highest BCUT2D eigenvalue weighted by Crippen LogP contribution is 2.28.